The molecule has 44 heavy (non-hydrogen) atoms. The second kappa shape index (κ2) is 9.81. The Morgan fingerprint density at radius 3 is 2.23 bits per heavy atom. The Labute approximate surface area is 262 Å². The summed E-state index contributed by atoms with van der Waals surface area (Å²) in [7, 11) is 0. The van der Waals surface area contributed by atoms with Gasteiger partial charge in [-0.3, -0.25) is 19.2 Å². The minimum Gasteiger partial charge on any atom is -0.465 e. The number of fused-ring (bicyclic) bond motifs is 4. The van der Waals surface area contributed by atoms with E-state index in [1.54, 1.807) is 0 Å². The molecule has 0 aromatic carbocycles. The zero-order valence-corrected chi connectivity index (χ0v) is 28.1. The maximum Gasteiger partial charge on any atom is 0.313 e. The molecule has 0 aromatic heterocycles. The fraction of sp³-hybridized carbons (Fsp3) is 0.833. The van der Waals surface area contributed by atoms with Gasteiger partial charge in [0.25, 0.3) is 0 Å². The van der Waals surface area contributed by atoms with Gasteiger partial charge < -0.3 is 18.9 Å². The quantitative estimate of drug-likeness (QED) is 0.210. The number of esters is 4. The normalized spacial score (nSPS) is 51.9. The van der Waals surface area contributed by atoms with E-state index in [0.29, 0.717) is 18.3 Å². The van der Waals surface area contributed by atoms with Crippen molar-refractivity contribution in [3.8, 4) is 0 Å². The molecular formula is C36H52O8. The van der Waals surface area contributed by atoms with Gasteiger partial charge in [0, 0.05) is 37.5 Å². The Morgan fingerprint density at radius 2 is 1.59 bits per heavy atom. The number of carbonyl (C=O) groups excluding carboxylic acids is 4. The third-order valence-electron chi connectivity index (χ3n) is 14.7. The Bertz CT molecular complexity index is 1310. The minimum absolute atomic E-state index is 0.00217. The van der Waals surface area contributed by atoms with Crippen molar-refractivity contribution in [1.82, 2.24) is 0 Å². The summed E-state index contributed by atoms with van der Waals surface area (Å²) >= 11 is 0. The molecular weight excluding hydrogens is 560 g/mol. The maximum absolute atomic E-state index is 13.9. The Kier molecular flexibility index (Phi) is 7.04. The van der Waals surface area contributed by atoms with Gasteiger partial charge in [-0.05, 0) is 85.5 Å². The van der Waals surface area contributed by atoms with E-state index in [2.05, 4.69) is 46.8 Å². The standard InChI is InChI=1S/C36H52O8/c1-20-10-14-35-17-16-34(9)33(8)13-11-26-31(6,27(33)12-15-36(34,44-30(35)40)28(35)21(20)2)18-25(42-23(4)38)29(43-24(5)39)32(26,7)19-41-22(3)37/h12,15,20-21,25-29H,10-11,13-14,16-19H2,1-9H3. The number of carbonyl (C=O) groups is 4. The second-order valence-electron chi connectivity index (χ2n) is 16.5. The van der Waals surface area contributed by atoms with Crippen LogP contribution in [0.4, 0.5) is 0 Å². The van der Waals surface area contributed by atoms with Crippen LogP contribution < -0.4 is 0 Å². The Morgan fingerprint density at radius 1 is 0.909 bits per heavy atom. The van der Waals surface area contributed by atoms with E-state index in [1.165, 1.54) is 20.8 Å². The van der Waals surface area contributed by atoms with Gasteiger partial charge in [0.15, 0.2) is 0 Å². The van der Waals surface area contributed by atoms with Crippen LogP contribution in [0.15, 0.2) is 12.2 Å². The van der Waals surface area contributed by atoms with Crippen molar-refractivity contribution < 1.29 is 38.1 Å². The highest BCUT2D eigenvalue weighted by molar-refractivity contribution is 5.82. The SMILES string of the molecule is CC(=O)OCC1(C)C(OC(C)=O)C(OC(C)=O)CC2(C)C1CCC1(C)C2C=CC23OC(=O)C4(CCC(C)C(C)C42)CCC13C. The number of hydrogen-bond acceptors (Lipinski definition) is 8. The molecule has 5 aliphatic carbocycles. The lowest BCUT2D eigenvalue weighted by Crippen LogP contribution is -2.72. The van der Waals surface area contributed by atoms with Gasteiger partial charge in [-0.2, -0.15) is 0 Å². The molecule has 0 N–H and O–H groups in total. The van der Waals surface area contributed by atoms with Crippen LogP contribution in [0.5, 0.6) is 0 Å². The minimum atomic E-state index is -0.787. The van der Waals surface area contributed by atoms with Gasteiger partial charge in [0.05, 0.1) is 5.41 Å². The van der Waals surface area contributed by atoms with Gasteiger partial charge in [-0.15, -0.1) is 0 Å². The predicted octanol–water partition coefficient (Wildman–Crippen LogP) is 6.20. The number of rotatable bonds is 4. The van der Waals surface area contributed by atoms with Gasteiger partial charge in [0.1, 0.15) is 24.4 Å². The third kappa shape index (κ3) is 3.81. The van der Waals surface area contributed by atoms with E-state index < -0.39 is 46.5 Å². The highest BCUT2D eigenvalue weighted by Gasteiger charge is 2.81. The summed E-state index contributed by atoms with van der Waals surface area (Å²) in [6, 6.07) is 0. The molecule has 1 spiro atoms. The van der Waals surface area contributed by atoms with Crippen LogP contribution in [0.25, 0.3) is 0 Å². The van der Waals surface area contributed by atoms with E-state index >= 15 is 0 Å². The molecule has 4 saturated carbocycles. The summed E-state index contributed by atoms with van der Waals surface area (Å²) in [5.41, 5.74) is -2.75. The van der Waals surface area contributed by atoms with Crippen LogP contribution in [0, 0.1) is 56.7 Å². The summed E-state index contributed by atoms with van der Waals surface area (Å²) in [5.74, 6) is -0.176. The summed E-state index contributed by atoms with van der Waals surface area (Å²) in [4.78, 5) is 50.9. The summed E-state index contributed by atoms with van der Waals surface area (Å²) in [6.07, 6.45) is 9.15. The Balaban J connectivity index is 1.49. The third-order valence-corrected chi connectivity index (χ3v) is 14.7. The van der Waals surface area contributed by atoms with Crippen molar-refractivity contribution in [3.05, 3.63) is 12.2 Å². The van der Waals surface area contributed by atoms with Crippen molar-refractivity contribution in [1.29, 1.82) is 0 Å². The van der Waals surface area contributed by atoms with E-state index in [0.717, 1.165) is 38.5 Å². The first-order valence-electron chi connectivity index (χ1n) is 16.8. The Hall–Kier alpha value is -2.38. The first kappa shape index (κ1) is 31.6. The van der Waals surface area contributed by atoms with Crippen molar-refractivity contribution in [3.63, 3.8) is 0 Å². The molecule has 8 nitrogen and oxygen atoms in total. The van der Waals surface area contributed by atoms with Gasteiger partial charge in [0.2, 0.25) is 0 Å². The molecule has 0 aromatic rings. The summed E-state index contributed by atoms with van der Waals surface area (Å²) < 4.78 is 24.4. The lowest BCUT2D eigenvalue weighted by Gasteiger charge is -2.72. The maximum atomic E-state index is 13.9. The van der Waals surface area contributed by atoms with Crippen LogP contribution in [-0.2, 0) is 38.1 Å². The van der Waals surface area contributed by atoms with Crippen molar-refractivity contribution in [2.75, 3.05) is 6.61 Å². The fourth-order valence-electron chi connectivity index (χ4n) is 12.5. The van der Waals surface area contributed by atoms with E-state index in [1.807, 2.05) is 6.92 Å². The number of ether oxygens (including phenoxy) is 4. The van der Waals surface area contributed by atoms with Crippen molar-refractivity contribution in [2.24, 2.45) is 56.7 Å². The molecule has 1 aliphatic heterocycles. The molecule has 8 heteroatoms. The number of allylic oxidation sites excluding steroid dienone is 1. The highest BCUT2D eigenvalue weighted by atomic mass is 16.6. The molecule has 1 heterocycles. The molecule has 1 saturated heterocycles. The molecule has 13 unspecified atom stereocenters. The number of hydrogen-bond donors (Lipinski definition) is 0. The van der Waals surface area contributed by atoms with E-state index in [9.17, 15) is 19.2 Å². The fourth-order valence-corrected chi connectivity index (χ4v) is 12.5. The zero-order chi connectivity index (χ0) is 32.3. The molecule has 0 amide bonds. The molecule has 2 bridgehead atoms. The van der Waals surface area contributed by atoms with Crippen LogP contribution in [-0.4, -0.2) is 48.3 Å². The highest BCUT2D eigenvalue weighted by Crippen LogP contribution is 2.79. The topological polar surface area (TPSA) is 105 Å². The molecule has 244 valence electrons. The largest absolute Gasteiger partial charge is 0.465 e. The predicted molar refractivity (Wildman–Crippen MR) is 162 cm³/mol. The summed E-state index contributed by atoms with van der Waals surface area (Å²) in [5, 5.41) is 0. The van der Waals surface area contributed by atoms with Crippen LogP contribution in [0.3, 0.4) is 0 Å². The molecule has 0 radical (unpaired) electrons. The van der Waals surface area contributed by atoms with Crippen LogP contribution in [0.2, 0.25) is 0 Å². The average Bonchev–Trinajstić information content (AvgIpc) is 3.12. The zero-order valence-electron chi connectivity index (χ0n) is 28.1. The van der Waals surface area contributed by atoms with Crippen LogP contribution >= 0.6 is 0 Å². The molecule has 6 rings (SSSR count). The lowest BCUT2D eigenvalue weighted by molar-refractivity contribution is -0.270. The first-order chi connectivity index (χ1) is 20.4. The second-order valence-corrected chi connectivity index (χ2v) is 16.5. The van der Waals surface area contributed by atoms with Gasteiger partial charge in [-0.1, -0.05) is 47.6 Å². The lowest BCUT2D eigenvalue weighted by atomic mass is 9.32. The molecule has 5 fully saturated rings. The summed E-state index contributed by atoms with van der Waals surface area (Å²) in [6.45, 7) is 18.0. The van der Waals surface area contributed by atoms with Crippen molar-refractivity contribution >= 4 is 23.9 Å². The van der Waals surface area contributed by atoms with E-state index in [-0.39, 0.29) is 46.6 Å². The van der Waals surface area contributed by atoms with E-state index in [4.69, 9.17) is 18.9 Å². The van der Waals surface area contributed by atoms with Crippen LogP contribution in [0.1, 0.15) is 107 Å². The average molecular weight is 613 g/mol. The molecule has 6 aliphatic rings. The smallest absolute Gasteiger partial charge is 0.313 e. The monoisotopic (exact) mass is 612 g/mol. The molecule has 13 atom stereocenters. The van der Waals surface area contributed by atoms with Gasteiger partial charge in [-0.25, -0.2) is 0 Å². The van der Waals surface area contributed by atoms with Gasteiger partial charge >= 0.3 is 23.9 Å². The first-order valence-corrected chi connectivity index (χ1v) is 16.8. The van der Waals surface area contributed by atoms with Crippen molar-refractivity contribution in [2.45, 2.75) is 125 Å².